The van der Waals surface area contributed by atoms with Gasteiger partial charge in [0.1, 0.15) is 5.82 Å². The normalized spacial score (nSPS) is 10.1. The quantitative estimate of drug-likeness (QED) is 0.790. The molecule has 4 heteroatoms. The average Bonchev–Trinajstić information content (AvgIpc) is 2.32. The molecule has 0 aliphatic heterocycles. The van der Waals surface area contributed by atoms with E-state index in [1.54, 1.807) is 24.4 Å². The number of pyridine rings is 1. The third kappa shape index (κ3) is 2.17. The zero-order valence-electron chi connectivity index (χ0n) is 8.15. The first-order valence-electron chi connectivity index (χ1n) is 4.58. The van der Waals surface area contributed by atoms with Crippen LogP contribution in [0, 0.1) is 5.82 Å². The second-order valence-corrected chi connectivity index (χ2v) is 4.11. The summed E-state index contributed by atoms with van der Waals surface area (Å²) in [6, 6.07) is 7.52. The number of aromatic nitrogens is 1. The fourth-order valence-corrected chi connectivity index (χ4v) is 1.69. The van der Waals surface area contributed by atoms with Crippen molar-refractivity contribution in [3.63, 3.8) is 0 Å². The van der Waals surface area contributed by atoms with Crippen molar-refractivity contribution in [2.45, 2.75) is 0 Å². The maximum absolute atomic E-state index is 13.4. The monoisotopic (exact) mass is 279 g/mol. The minimum absolute atomic E-state index is 0.0439. The highest BCUT2D eigenvalue weighted by Crippen LogP contribution is 2.18. The van der Waals surface area contributed by atoms with E-state index < -0.39 is 5.82 Å². The number of benzene rings is 1. The molecule has 80 valence electrons. The van der Waals surface area contributed by atoms with Crippen LogP contribution in [0.3, 0.4) is 0 Å². The van der Waals surface area contributed by atoms with Gasteiger partial charge in [0, 0.05) is 22.4 Å². The molecule has 0 spiro atoms. The predicted molar refractivity (Wildman–Crippen MR) is 61.8 cm³/mol. The number of carbonyl (C=O) groups is 1. The fourth-order valence-electron chi connectivity index (χ4n) is 1.32. The molecule has 0 amide bonds. The van der Waals surface area contributed by atoms with Crippen LogP contribution in [0.1, 0.15) is 15.9 Å². The van der Waals surface area contributed by atoms with Gasteiger partial charge in [0.15, 0.2) is 5.78 Å². The van der Waals surface area contributed by atoms with Crippen LogP contribution in [0.4, 0.5) is 4.39 Å². The third-order valence-electron chi connectivity index (χ3n) is 2.10. The van der Waals surface area contributed by atoms with Crippen LogP contribution in [0.5, 0.6) is 0 Å². The van der Waals surface area contributed by atoms with Crippen molar-refractivity contribution in [3.8, 4) is 0 Å². The molecular weight excluding hydrogens is 273 g/mol. The molecule has 2 aromatic rings. The minimum atomic E-state index is -0.531. The van der Waals surface area contributed by atoms with E-state index in [0.29, 0.717) is 10.0 Å². The van der Waals surface area contributed by atoms with Crippen LogP contribution in [-0.4, -0.2) is 10.8 Å². The van der Waals surface area contributed by atoms with Gasteiger partial charge >= 0.3 is 0 Å². The van der Waals surface area contributed by atoms with E-state index in [-0.39, 0.29) is 11.3 Å². The lowest BCUT2D eigenvalue weighted by Gasteiger charge is -2.02. The average molecular weight is 280 g/mol. The molecule has 1 aromatic heterocycles. The smallest absolute Gasteiger partial charge is 0.197 e. The Morgan fingerprint density at radius 2 is 2.12 bits per heavy atom. The summed E-state index contributed by atoms with van der Waals surface area (Å²) in [7, 11) is 0. The Hall–Kier alpha value is -1.55. The number of ketones is 1. The molecule has 1 heterocycles. The molecule has 0 aliphatic carbocycles. The topological polar surface area (TPSA) is 30.0 Å². The molecule has 0 unspecified atom stereocenters. The minimum Gasteiger partial charge on any atom is -0.288 e. The van der Waals surface area contributed by atoms with E-state index in [2.05, 4.69) is 20.9 Å². The van der Waals surface area contributed by atoms with Crippen molar-refractivity contribution in [2.24, 2.45) is 0 Å². The van der Waals surface area contributed by atoms with Gasteiger partial charge in [-0.2, -0.15) is 0 Å². The number of hydrogen-bond acceptors (Lipinski definition) is 2. The summed E-state index contributed by atoms with van der Waals surface area (Å²) in [5.41, 5.74) is 0.418. The Kier molecular flexibility index (Phi) is 3.10. The van der Waals surface area contributed by atoms with Crippen LogP contribution in [-0.2, 0) is 0 Å². The van der Waals surface area contributed by atoms with Gasteiger partial charge in [-0.1, -0.05) is 15.9 Å². The Labute approximate surface area is 100 Å². The van der Waals surface area contributed by atoms with Gasteiger partial charge in [0.2, 0.25) is 0 Å². The molecular formula is C12H7BrFNO. The first-order valence-corrected chi connectivity index (χ1v) is 5.37. The van der Waals surface area contributed by atoms with Gasteiger partial charge < -0.3 is 0 Å². The summed E-state index contributed by atoms with van der Waals surface area (Å²) in [6.07, 6.45) is 2.98. The Morgan fingerprint density at radius 3 is 2.81 bits per heavy atom. The van der Waals surface area contributed by atoms with Crippen molar-refractivity contribution < 1.29 is 9.18 Å². The molecule has 0 fully saturated rings. The van der Waals surface area contributed by atoms with E-state index in [1.807, 2.05) is 0 Å². The van der Waals surface area contributed by atoms with Crippen LogP contribution in [0.25, 0.3) is 0 Å². The lowest BCUT2D eigenvalue weighted by Crippen LogP contribution is -2.04. The molecule has 0 aliphatic rings. The number of carbonyl (C=O) groups excluding carboxylic acids is 1. The van der Waals surface area contributed by atoms with Crippen molar-refractivity contribution in [1.82, 2.24) is 4.98 Å². The number of rotatable bonds is 2. The number of halogens is 2. The lowest BCUT2D eigenvalue weighted by molar-refractivity contribution is 0.103. The molecule has 2 rings (SSSR count). The summed E-state index contributed by atoms with van der Waals surface area (Å²) >= 11 is 3.20. The fraction of sp³-hybridized carbons (Fsp3) is 0. The SMILES string of the molecule is O=C(c1cccnc1)c1cc(Br)ccc1F. The Balaban J connectivity index is 2.46. The van der Waals surface area contributed by atoms with Crippen molar-refractivity contribution in [1.29, 1.82) is 0 Å². The van der Waals surface area contributed by atoms with Gasteiger partial charge in [-0.05, 0) is 30.3 Å². The molecule has 0 bridgehead atoms. The summed E-state index contributed by atoms with van der Waals surface area (Å²) in [6.45, 7) is 0. The predicted octanol–water partition coefficient (Wildman–Crippen LogP) is 3.21. The molecule has 2 nitrogen and oxygen atoms in total. The summed E-state index contributed by atoms with van der Waals surface area (Å²) in [5, 5.41) is 0. The van der Waals surface area contributed by atoms with E-state index in [9.17, 15) is 9.18 Å². The van der Waals surface area contributed by atoms with Crippen LogP contribution < -0.4 is 0 Å². The molecule has 1 aromatic carbocycles. The summed E-state index contributed by atoms with van der Waals surface area (Å²) in [5.74, 6) is -0.899. The molecule has 0 N–H and O–H groups in total. The van der Waals surface area contributed by atoms with E-state index in [4.69, 9.17) is 0 Å². The van der Waals surface area contributed by atoms with Gasteiger partial charge in [-0.25, -0.2) is 4.39 Å². The highest BCUT2D eigenvalue weighted by atomic mass is 79.9. The maximum Gasteiger partial charge on any atom is 0.197 e. The lowest BCUT2D eigenvalue weighted by atomic mass is 10.0. The van der Waals surface area contributed by atoms with Crippen molar-refractivity contribution >= 4 is 21.7 Å². The third-order valence-corrected chi connectivity index (χ3v) is 2.59. The second-order valence-electron chi connectivity index (χ2n) is 3.19. The zero-order valence-corrected chi connectivity index (χ0v) is 9.74. The Morgan fingerprint density at radius 1 is 1.31 bits per heavy atom. The van der Waals surface area contributed by atoms with E-state index in [0.717, 1.165) is 0 Å². The maximum atomic E-state index is 13.4. The van der Waals surface area contributed by atoms with Crippen LogP contribution >= 0.6 is 15.9 Å². The molecule has 0 saturated heterocycles. The first kappa shape index (κ1) is 11.0. The molecule has 0 radical (unpaired) electrons. The van der Waals surface area contributed by atoms with Crippen LogP contribution in [0.15, 0.2) is 47.2 Å². The highest BCUT2D eigenvalue weighted by molar-refractivity contribution is 9.10. The Bertz CT molecular complexity index is 528. The summed E-state index contributed by atoms with van der Waals surface area (Å²) < 4.78 is 14.1. The number of hydrogen-bond donors (Lipinski definition) is 0. The van der Waals surface area contributed by atoms with Gasteiger partial charge in [-0.3, -0.25) is 9.78 Å². The largest absolute Gasteiger partial charge is 0.288 e. The van der Waals surface area contributed by atoms with E-state index >= 15 is 0 Å². The zero-order chi connectivity index (χ0) is 11.5. The van der Waals surface area contributed by atoms with Crippen LogP contribution in [0.2, 0.25) is 0 Å². The standard InChI is InChI=1S/C12H7BrFNO/c13-9-3-4-11(14)10(6-9)12(16)8-2-1-5-15-7-8/h1-7H. The van der Waals surface area contributed by atoms with Gasteiger partial charge in [-0.15, -0.1) is 0 Å². The molecule has 16 heavy (non-hydrogen) atoms. The highest BCUT2D eigenvalue weighted by Gasteiger charge is 2.14. The van der Waals surface area contributed by atoms with Gasteiger partial charge in [0.05, 0.1) is 5.56 Å². The van der Waals surface area contributed by atoms with Gasteiger partial charge in [0.25, 0.3) is 0 Å². The molecule has 0 atom stereocenters. The van der Waals surface area contributed by atoms with Crippen molar-refractivity contribution in [3.05, 3.63) is 64.1 Å². The number of nitrogens with zero attached hydrogens (tertiary/aromatic N) is 1. The summed E-state index contributed by atoms with van der Waals surface area (Å²) in [4.78, 5) is 15.7. The molecule has 0 saturated carbocycles. The van der Waals surface area contributed by atoms with Crippen molar-refractivity contribution in [2.75, 3.05) is 0 Å². The first-order chi connectivity index (χ1) is 7.68. The second kappa shape index (κ2) is 4.53. The van der Waals surface area contributed by atoms with E-state index in [1.165, 1.54) is 18.3 Å².